The zero-order chi connectivity index (χ0) is 22.4. The predicted molar refractivity (Wildman–Crippen MR) is 118 cm³/mol. The third-order valence-electron chi connectivity index (χ3n) is 5.34. The Labute approximate surface area is 183 Å². The minimum Gasteiger partial charge on any atom is -0.497 e. The molecule has 0 aromatic heterocycles. The molecule has 2 aromatic carbocycles. The molecular weight excluding hydrogens is 419 g/mol. The fourth-order valence-corrected chi connectivity index (χ4v) is 5.19. The molecule has 0 bridgehead atoms. The van der Waals surface area contributed by atoms with Gasteiger partial charge in [-0.05, 0) is 42.3 Å². The average molecular weight is 449 g/mol. The lowest BCUT2D eigenvalue weighted by molar-refractivity contribution is 0.0330. The largest absolute Gasteiger partial charge is 0.497 e. The van der Waals surface area contributed by atoms with Crippen LogP contribution in [-0.4, -0.2) is 64.1 Å². The van der Waals surface area contributed by atoms with Crippen LogP contribution in [0.15, 0.2) is 60.0 Å². The summed E-state index contributed by atoms with van der Waals surface area (Å²) >= 11 is 0. The molecule has 0 radical (unpaired) electrons. The molecular formula is C23H29FN2O4S. The van der Waals surface area contributed by atoms with Crippen LogP contribution in [0.5, 0.6) is 5.75 Å². The summed E-state index contributed by atoms with van der Waals surface area (Å²) in [6.45, 7) is 8.13. The highest BCUT2D eigenvalue weighted by molar-refractivity contribution is 7.89. The van der Waals surface area contributed by atoms with Crippen molar-refractivity contribution in [2.24, 2.45) is 0 Å². The number of hydrogen-bond donors (Lipinski definition) is 0. The summed E-state index contributed by atoms with van der Waals surface area (Å²) in [7, 11) is -2.25. The molecule has 1 aliphatic heterocycles. The van der Waals surface area contributed by atoms with Crippen LogP contribution in [0.25, 0.3) is 0 Å². The number of nitrogens with zero attached hydrogens (tertiary/aromatic N) is 2. The van der Waals surface area contributed by atoms with Crippen molar-refractivity contribution in [3.05, 3.63) is 72.1 Å². The average Bonchev–Trinajstić information content (AvgIpc) is 2.78. The van der Waals surface area contributed by atoms with Crippen LogP contribution >= 0.6 is 0 Å². The molecule has 168 valence electrons. The molecule has 0 N–H and O–H groups in total. The second-order valence-corrected chi connectivity index (χ2v) is 9.43. The Morgan fingerprint density at radius 3 is 2.58 bits per heavy atom. The third kappa shape index (κ3) is 5.71. The standard InChI is InChI=1S/C23H29FN2O4S/c1-4-14-30-22(19-6-5-7-20(16-19)29-3)17-25-10-12-26(13-11-25)31(27,28)23-15-18(2)8-9-21(23)24/h4-9,15-16,22H,1,10-14,17H2,2-3H3. The Hall–Kier alpha value is -2.26. The maximum atomic E-state index is 14.2. The summed E-state index contributed by atoms with van der Waals surface area (Å²) in [5, 5.41) is 0. The molecule has 1 fully saturated rings. The van der Waals surface area contributed by atoms with Gasteiger partial charge in [0.25, 0.3) is 0 Å². The van der Waals surface area contributed by atoms with Gasteiger partial charge in [-0.25, -0.2) is 12.8 Å². The molecule has 2 aromatic rings. The highest BCUT2D eigenvalue weighted by Crippen LogP contribution is 2.25. The van der Waals surface area contributed by atoms with Crippen LogP contribution in [0.1, 0.15) is 17.2 Å². The lowest BCUT2D eigenvalue weighted by Gasteiger charge is -2.35. The van der Waals surface area contributed by atoms with Gasteiger partial charge in [-0.1, -0.05) is 24.3 Å². The van der Waals surface area contributed by atoms with Crippen LogP contribution < -0.4 is 4.74 Å². The fourth-order valence-electron chi connectivity index (χ4n) is 3.61. The van der Waals surface area contributed by atoms with Crippen LogP contribution in [0.2, 0.25) is 0 Å². The molecule has 3 rings (SSSR count). The molecule has 0 aliphatic carbocycles. The third-order valence-corrected chi connectivity index (χ3v) is 7.25. The number of halogens is 1. The van der Waals surface area contributed by atoms with Crippen molar-refractivity contribution >= 4 is 10.0 Å². The first-order chi connectivity index (χ1) is 14.8. The number of rotatable bonds is 9. The Bertz CT molecular complexity index is 1000. The first-order valence-electron chi connectivity index (χ1n) is 10.2. The second kappa shape index (κ2) is 10.4. The zero-order valence-electron chi connectivity index (χ0n) is 18.0. The van der Waals surface area contributed by atoms with Gasteiger partial charge in [0.15, 0.2) is 0 Å². The van der Waals surface area contributed by atoms with E-state index in [1.807, 2.05) is 24.3 Å². The molecule has 8 heteroatoms. The van der Waals surface area contributed by atoms with E-state index >= 15 is 0 Å². The molecule has 1 saturated heterocycles. The Morgan fingerprint density at radius 2 is 1.90 bits per heavy atom. The molecule has 1 atom stereocenters. The van der Waals surface area contributed by atoms with Crippen LogP contribution in [0.3, 0.4) is 0 Å². The minimum atomic E-state index is -3.87. The van der Waals surface area contributed by atoms with Gasteiger partial charge >= 0.3 is 0 Å². The Morgan fingerprint density at radius 1 is 1.16 bits per heavy atom. The van der Waals surface area contributed by atoms with E-state index < -0.39 is 15.8 Å². The lowest BCUT2D eigenvalue weighted by Crippen LogP contribution is -2.49. The normalized spacial score (nSPS) is 16.7. The molecule has 1 heterocycles. The number of benzene rings is 2. The number of piperazine rings is 1. The van der Waals surface area contributed by atoms with E-state index in [-0.39, 0.29) is 11.0 Å². The van der Waals surface area contributed by atoms with E-state index in [0.717, 1.165) is 11.3 Å². The van der Waals surface area contributed by atoms with Crippen molar-refractivity contribution in [1.29, 1.82) is 0 Å². The summed E-state index contributed by atoms with van der Waals surface area (Å²) in [4.78, 5) is 1.90. The summed E-state index contributed by atoms with van der Waals surface area (Å²) in [5.74, 6) is 0.0322. The van der Waals surface area contributed by atoms with Crippen LogP contribution in [-0.2, 0) is 14.8 Å². The van der Waals surface area contributed by atoms with E-state index in [1.54, 1.807) is 26.2 Å². The summed E-state index contributed by atoms with van der Waals surface area (Å²) in [5.41, 5.74) is 1.69. The van der Waals surface area contributed by atoms with Gasteiger partial charge in [0, 0.05) is 32.7 Å². The Kier molecular flexibility index (Phi) is 7.83. The molecule has 0 saturated carbocycles. The smallest absolute Gasteiger partial charge is 0.246 e. The number of hydrogen-bond acceptors (Lipinski definition) is 5. The van der Waals surface area contributed by atoms with Gasteiger partial charge < -0.3 is 9.47 Å². The summed E-state index contributed by atoms with van der Waals surface area (Å²) in [6.07, 6.45) is 1.50. The number of sulfonamides is 1. The number of ether oxygens (including phenoxy) is 2. The lowest BCUT2D eigenvalue weighted by atomic mass is 10.1. The maximum Gasteiger partial charge on any atom is 0.246 e. The van der Waals surface area contributed by atoms with E-state index in [1.165, 1.54) is 16.4 Å². The van der Waals surface area contributed by atoms with Crippen LogP contribution in [0, 0.1) is 12.7 Å². The summed E-state index contributed by atoms with van der Waals surface area (Å²) in [6, 6.07) is 11.9. The van der Waals surface area contributed by atoms with Crippen LogP contribution in [0.4, 0.5) is 4.39 Å². The minimum absolute atomic E-state index is 0.203. The van der Waals surface area contributed by atoms with E-state index in [2.05, 4.69) is 11.5 Å². The highest BCUT2D eigenvalue weighted by Gasteiger charge is 2.31. The monoisotopic (exact) mass is 448 g/mol. The van der Waals surface area contributed by atoms with Crippen molar-refractivity contribution in [2.45, 2.75) is 17.9 Å². The van der Waals surface area contributed by atoms with Gasteiger partial charge in [-0.3, -0.25) is 4.90 Å². The number of methoxy groups -OCH3 is 1. The van der Waals surface area contributed by atoms with Crippen molar-refractivity contribution in [3.8, 4) is 5.75 Å². The second-order valence-electron chi connectivity index (χ2n) is 7.53. The molecule has 31 heavy (non-hydrogen) atoms. The van der Waals surface area contributed by atoms with Gasteiger partial charge in [-0.2, -0.15) is 4.31 Å². The Balaban J connectivity index is 1.68. The predicted octanol–water partition coefficient (Wildman–Crippen LogP) is 3.39. The van der Waals surface area contributed by atoms with Crippen molar-refractivity contribution < 1.29 is 22.3 Å². The maximum absolute atomic E-state index is 14.2. The fraction of sp³-hybridized carbons (Fsp3) is 0.391. The molecule has 0 spiro atoms. The van der Waals surface area contributed by atoms with Crippen molar-refractivity contribution in [1.82, 2.24) is 9.21 Å². The first-order valence-corrected chi connectivity index (χ1v) is 11.6. The summed E-state index contributed by atoms with van der Waals surface area (Å²) < 4.78 is 52.7. The highest BCUT2D eigenvalue weighted by atomic mass is 32.2. The van der Waals surface area contributed by atoms with Crippen molar-refractivity contribution in [3.63, 3.8) is 0 Å². The number of aryl methyl sites for hydroxylation is 1. The molecule has 1 unspecified atom stereocenters. The van der Waals surface area contributed by atoms with E-state index in [0.29, 0.717) is 44.9 Å². The van der Waals surface area contributed by atoms with Gasteiger partial charge in [-0.15, -0.1) is 6.58 Å². The van der Waals surface area contributed by atoms with Gasteiger partial charge in [0.1, 0.15) is 16.5 Å². The van der Waals surface area contributed by atoms with Gasteiger partial charge in [0.05, 0.1) is 19.8 Å². The van der Waals surface area contributed by atoms with E-state index in [9.17, 15) is 12.8 Å². The molecule has 6 nitrogen and oxygen atoms in total. The zero-order valence-corrected chi connectivity index (χ0v) is 18.8. The van der Waals surface area contributed by atoms with E-state index in [4.69, 9.17) is 9.47 Å². The molecule has 0 amide bonds. The molecule has 1 aliphatic rings. The SMILES string of the molecule is C=CCOC(CN1CCN(S(=O)(=O)c2cc(C)ccc2F)CC1)c1cccc(OC)c1. The topological polar surface area (TPSA) is 59.1 Å². The quantitative estimate of drug-likeness (QED) is 0.551. The first kappa shape index (κ1) is 23.4. The van der Waals surface area contributed by atoms with Gasteiger partial charge in [0.2, 0.25) is 10.0 Å². The van der Waals surface area contributed by atoms with Crippen molar-refractivity contribution in [2.75, 3.05) is 46.4 Å².